The van der Waals surface area contributed by atoms with Crippen LogP contribution < -0.4 is 14.8 Å². The molecule has 0 atom stereocenters. The van der Waals surface area contributed by atoms with Gasteiger partial charge in [-0.3, -0.25) is 14.5 Å². The lowest BCUT2D eigenvalue weighted by Gasteiger charge is -2.14. The van der Waals surface area contributed by atoms with Gasteiger partial charge in [0.25, 0.3) is 11.8 Å². The lowest BCUT2D eigenvalue weighted by Crippen LogP contribution is -2.28. The number of benzene rings is 2. The number of methoxy groups -OCH3 is 2. The van der Waals surface area contributed by atoms with Crippen molar-refractivity contribution >= 4 is 46.3 Å². The second-order valence-corrected chi connectivity index (χ2v) is 6.58. The van der Waals surface area contributed by atoms with Gasteiger partial charge in [-0.05, 0) is 24.3 Å². The van der Waals surface area contributed by atoms with Gasteiger partial charge in [0.2, 0.25) is 0 Å². The first kappa shape index (κ1) is 19.1. The van der Waals surface area contributed by atoms with Crippen molar-refractivity contribution in [1.82, 2.24) is 4.90 Å². The van der Waals surface area contributed by atoms with Crippen molar-refractivity contribution in [3.8, 4) is 11.5 Å². The van der Waals surface area contributed by atoms with Gasteiger partial charge in [0.1, 0.15) is 17.2 Å². The molecule has 27 heavy (non-hydrogen) atoms. The maximum absolute atomic E-state index is 12.7. The summed E-state index contributed by atoms with van der Waals surface area (Å²) in [7, 11) is 4.44. The zero-order valence-electron chi connectivity index (χ0n) is 14.8. The highest BCUT2D eigenvalue weighted by atomic mass is 35.5. The fourth-order valence-electron chi connectivity index (χ4n) is 2.75. The number of ether oxygens (including phenoxy) is 2. The van der Waals surface area contributed by atoms with E-state index < -0.39 is 11.8 Å². The Labute approximate surface area is 166 Å². The van der Waals surface area contributed by atoms with E-state index in [-0.39, 0.29) is 16.3 Å². The summed E-state index contributed by atoms with van der Waals surface area (Å²) < 4.78 is 10.6. The quantitative estimate of drug-likeness (QED) is 0.764. The number of carbonyl (C=O) groups excluding carboxylic acids is 2. The number of anilines is 1. The Hall–Kier alpha value is -2.70. The number of likely N-dealkylation sites (N-methyl/N-ethyl adjacent to an activating group) is 1. The molecule has 2 amide bonds. The van der Waals surface area contributed by atoms with Crippen LogP contribution in [0.1, 0.15) is 5.56 Å². The van der Waals surface area contributed by atoms with Gasteiger partial charge >= 0.3 is 0 Å². The van der Waals surface area contributed by atoms with E-state index in [0.29, 0.717) is 27.8 Å². The van der Waals surface area contributed by atoms with Crippen molar-refractivity contribution in [2.45, 2.75) is 0 Å². The third-order valence-electron chi connectivity index (χ3n) is 4.15. The molecule has 0 bridgehead atoms. The number of halogens is 2. The first-order valence-corrected chi connectivity index (χ1v) is 8.64. The highest BCUT2D eigenvalue weighted by Crippen LogP contribution is 2.37. The third kappa shape index (κ3) is 3.46. The number of rotatable bonds is 5. The van der Waals surface area contributed by atoms with Gasteiger partial charge in [-0.15, -0.1) is 0 Å². The Morgan fingerprint density at radius 1 is 0.963 bits per heavy atom. The van der Waals surface area contributed by atoms with Crippen molar-refractivity contribution in [3.63, 3.8) is 0 Å². The predicted molar refractivity (Wildman–Crippen MR) is 104 cm³/mol. The van der Waals surface area contributed by atoms with Gasteiger partial charge in [-0.1, -0.05) is 29.3 Å². The number of nitrogens with zero attached hydrogens (tertiary/aromatic N) is 1. The Bertz CT molecular complexity index is 972. The van der Waals surface area contributed by atoms with Crippen LogP contribution >= 0.6 is 23.2 Å². The predicted octanol–water partition coefficient (Wildman–Crippen LogP) is 3.83. The van der Waals surface area contributed by atoms with Crippen LogP contribution in [0.25, 0.3) is 5.57 Å². The molecule has 0 unspecified atom stereocenters. The minimum absolute atomic E-state index is 0.0956. The second kappa shape index (κ2) is 7.50. The second-order valence-electron chi connectivity index (χ2n) is 5.73. The van der Waals surface area contributed by atoms with Gasteiger partial charge in [0.15, 0.2) is 0 Å². The summed E-state index contributed by atoms with van der Waals surface area (Å²) >= 11 is 12.2. The topological polar surface area (TPSA) is 67.9 Å². The molecule has 2 aromatic carbocycles. The molecule has 0 saturated carbocycles. The molecule has 0 aliphatic carbocycles. The number of imide groups is 1. The summed E-state index contributed by atoms with van der Waals surface area (Å²) in [5.74, 6) is 0.106. The minimum Gasteiger partial charge on any atom is -0.497 e. The number of amides is 2. The molecule has 0 spiro atoms. The van der Waals surface area contributed by atoms with Gasteiger partial charge in [0, 0.05) is 23.7 Å². The maximum Gasteiger partial charge on any atom is 0.277 e. The molecule has 1 aliphatic rings. The molecular formula is C19H16Cl2N2O4. The average Bonchev–Trinajstić information content (AvgIpc) is 2.86. The van der Waals surface area contributed by atoms with Crippen LogP contribution in [-0.4, -0.2) is 38.0 Å². The molecule has 2 aromatic rings. The molecule has 0 radical (unpaired) electrons. The molecule has 140 valence electrons. The fourth-order valence-corrected chi connectivity index (χ4v) is 3.25. The summed E-state index contributed by atoms with van der Waals surface area (Å²) in [5, 5.41) is 3.71. The first-order valence-electron chi connectivity index (χ1n) is 7.88. The summed E-state index contributed by atoms with van der Waals surface area (Å²) in [6.45, 7) is 0. The summed E-state index contributed by atoms with van der Waals surface area (Å²) in [4.78, 5) is 26.4. The SMILES string of the molecule is COc1ccc(OC)c(NC2=C(c3ccc(Cl)cc3Cl)C(=O)N(C)C2=O)c1. The van der Waals surface area contributed by atoms with Gasteiger partial charge in [-0.25, -0.2) is 0 Å². The van der Waals surface area contributed by atoms with Crippen LogP contribution in [-0.2, 0) is 9.59 Å². The van der Waals surface area contributed by atoms with Crippen LogP contribution in [0, 0.1) is 0 Å². The average molecular weight is 407 g/mol. The van der Waals surface area contributed by atoms with E-state index in [1.165, 1.54) is 27.3 Å². The Balaban J connectivity index is 2.16. The molecular weight excluding hydrogens is 391 g/mol. The number of hydrogen-bond acceptors (Lipinski definition) is 5. The molecule has 1 N–H and O–H groups in total. The zero-order valence-corrected chi connectivity index (χ0v) is 16.3. The third-order valence-corrected chi connectivity index (χ3v) is 4.70. The first-order chi connectivity index (χ1) is 12.9. The van der Waals surface area contributed by atoms with E-state index in [2.05, 4.69) is 5.32 Å². The molecule has 3 rings (SSSR count). The van der Waals surface area contributed by atoms with Crippen molar-refractivity contribution in [1.29, 1.82) is 0 Å². The largest absolute Gasteiger partial charge is 0.497 e. The smallest absolute Gasteiger partial charge is 0.277 e. The van der Waals surface area contributed by atoms with Crippen molar-refractivity contribution in [3.05, 3.63) is 57.7 Å². The van der Waals surface area contributed by atoms with E-state index in [4.69, 9.17) is 32.7 Å². The highest BCUT2D eigenvalue weighted by Gasteiger charge is 2.38. The molecule has 6 nitrogen and oxygen atoms in total. The number of nitrogens with one attached hydrogen (secondary N) is 1. The van der Waals surface area contributed by atoms with E-state index >= 15 is 0 Å². The molecule has 1 aliphatic heterocycles. The van der Waals surface area contributed by atoms with Crippen LogP contribution in [0.2, 0.25) is 10.0 Å². The van der Waals surface area contributed by atoms with Crippen molar-refractivity contribution in [2.24, 2.45) is 0 Å². The normalized spacial score (nSPS) is 14.0. The Kier molecular flexibility index (Phi) is 5.30. The Morgan fingerprint density at radius 2 is 1.70 bits per heavy atom. The zero-order chi connectivity index (χ0) is 19.7. The summed E-state index contributed by atoms with van der Waals surface area (Å²) in [6.07, 6.45) is 0. The van der Waals surface area contributed by atoms with E-state index in [0.717, 1.165) is 4.90 Å². The molecule has 0 saturated heterocycles. The standard InChI is InChI=1S/C19H16Cl2N2O4/c1-23-18(24)16(12-6-4-10(20)8-13(12)21)17(19(23)25)22-14-9-11(26-2)5-7-15(14)27-3/h4-9,22H,1-3H3. The summed E-state index contributed by atoms with van der Waals surface area (Å²) in [6, 6.07) is 9.82. The monoisotopic (exact) mass is 406 g/mol. The molecule has 0 fully saturated rings. The van der Waals surface area contributed by atoms with Crippen molar-refractivity contribution < 1.29 is 19.1 Å². The minimum atomic E-state index is -0.481. The maximum atomic E-state index is 12.7. The van der Waals surface area contributed by atoms with Gasteiger partial charge in [-0.2, -0.15) is 0 Å². The Morgan fingerprint density at radius 3 is 2.33 bits per heavy atom. The lowest BCUT2D eigenvalue weighted by molar-refractivity contribution is -0.135. The van der Waals surface area contributed by atoms with E-state index in [1.807, 2.05) is 0 Å². The van der Waals surface area contributed by atoms with Gasteiger partial charge in [0.05, 0.1) is 30.5 Å². The van der Waals surface area contributed by atoms with Crippen LogP contribution in [0.3, 0.4) is 0 Å². The number of carbonyl (C=O) groups is 2. The highest BCUT2D eigenvalue weighted by molar-refractivity contribution is 6.41. The van der Waals surface area contributed by atoms with Crippen molar-refractivity contribution in [2.75, 3.05) is 26.6 Å². The van der Waals surface area contributed by atoms with Crippen LogP contribution in [0.15, 0.2) is 42.1 Å². The van der Waals surface area contributed by atoms with Crippen LogP contribution in [0.5, 0.6) is 11.5 Å². The fraction of sp³-hybridized carbons (Fsp3) is 0.158. The van der Waals surface area contributed by atoms with E-state index in [1.54, 1.807) is 30.3 Å². The molecule has 8 heteroatoms. The lowest BCUT2D eigenvalue weighted by atomic mass is 10.0. The van der Waals surface area contributed by atoms with Gasteiger partial charge < -0.3 is 14.8 Å². The molecule has 0 aromatic heterocycles. The van der Waals surface area contributed by atoms with E-state index in [9.17, 15) is 9.59 Å². The number of hydrogen-bond donors (Lipinski definition) is 1. The summed E-state index contributed by atoms with van der Waals surface area (Å²) in [5.41, 5.74) is 1.14. The van der Waals surface area contributed by atoms with Crippen LogP contribution in [0.4, 0.5) is 5.69 Å². The molecule has 1 heterocycles.